The van der Waals surface area contributed by atoms with E-state index in [1.807, 2.05) is 29.4 Å². The van der Waals surface area contributed by atoms with Crippen LogP contribution in [0.2, 0.25) is 0 Å². The molecule has 1 saturated heterocycles. The van der Waals surface area contributed by atoms with E-state index in [2.05, 4.69) is 65.7 Å². The third-order valence-corrected chi connectivity index (χ3v) is 9.51. The van der Waals surface area contributed by atoms with E-state index in [9.17, 15) is 0 Å². The number of nitrogens with two attached hydrogens (primary N) is 1. The molecule has 0 bridgehead atoms. The minimum absolute atomic E-state index is 0.869. The van der Waals surface area contributed by atoms with E-state index in [0.29, 0.717) is 0 Å². The summed E-state index contributed by atoms with van der Waals surface area (Å²) in [5, 5.41) is 5.34. The van der Waals surface area contributed by atoms with Gasteiger partial charge in [0.2, 0.25) is 0 Å². The van der Waals surface area contributed by atoms with Crippen molar-refractivity contribution in [2.75, 3.05) is 37.2 Å². The van der Waals surface area contributed by atoms with Gasteiger partial charge in [-0.2, -0.15) is 0 Å². The van der Waals surface area contributed by atoms with Crippen LogP contribution in [-0.2, 0) is 23.2 Å². The number of fused-ring (bicyclic) bond motifs is 1. The molecule has 0 spiro atoms. The fourth-order valence-electron chi connectivity index (χ4n) is 3.94. The molecule has 4 rings (SSSR count). The third kappa shape index (κ3) is 6.52. The molecule has 0 radical (unpaired) electrons. The molecule has 2 aliphatic heterocycles. The molecule has 8 heteroatoms. The quantitative estimate of drug-likeness (QED) is 0.455. The maximum atomic E-state index is 6.39. The van der Waals surface area contributed by atoms with Gasteiger partial charge in [-0.15, -0.1) is 11.8 Å². The average Bonchev–Trinajstić information content (AvgIpc) is 2.83. The van der Waals surface area contributed by atoms with Gasteiger partial charge in [0, 0.05) is 4.90 Å². The van der Waals surface area contributed by atoms with Gasteiger partial charge in [-0.25, -0.2) is 0 Å². The molecule has 3 N–H and O–H groups in total. The van der Waals surface area contributed by atoms with Crippen molar-refractivity contribution in [3.63, 3.8) is 0 Å². The summed E-state index contributed by atoms with van der Waals surface area (Å²) >= 11 is 3.64. The summed E-state index contributed by atoms with van der Waals surface area (Å²) in [4.78, 5) is 7.04. The van der Waals surface area contributed by atoms with E-state index in [4.69, 9.17) is 10.1 Å². The second-order valence-corrected chi connectivity index (χ2v) is 13.7. The maximum absolute atomic E-state index is 6.39. The van der Waals surface area contributed by atoms with Crippen LogP contribution >= 0.6 is 31.2 Å². The number of allylic oxidation sites excluding steroid dienone is 1. The second-order valence-electron chi connectivity index (χ2n) is 8.45. The Morgan fingerprint density at radius 1 is 1.22 bits per heavy atom. The van der Waals surface area contributed by atoms with Crippen LogP contribution in [0.4, 0.5) is 5.69 Å². The van der Waals surface area contributed by atoms with Crippen LogP contribution in [0.15, 0.2) is 63.5 Å². The van der Waals surface area contributed by atoms with Gasteiger partial charge < -0.3 is 0 Å². The number of hydroxylamine groups is 1. The van der Waals surface area contributed by atoms with E-state index in [1.54, 1.807) is 11.8 Å². The minimum atomic E-state index is -2.09. The van der Waals surface area contributed by atoms with Crippen molar-refractivity contribution in [1.82, 2.24) is 5.32 Å². The van der Waals surface area contributed by atoms with Gasteiger partial charge in [0.1, 0.15) is 0 Å². The molecule has 0 saturated carbocycles. The van der Waals surface area contributed by atoms with Gasteiger partial charge in [-0.1, -0.05) is 0 Å². The van der Waals surface area contributed by atoms with Crippen molar-refractivity contribution in [3.8, 4) is 0 Å². The SMILES string of the molecule is CSc1ccc(C/C2=C/N=C/NCCc3ccc(N4CCC[PH](C)(N)O4)cc3CS2)cc1. The van der Waals surface area contributed by atoms with Crippen molar-refractivity contribution in [3.05, 3.63) is 70.3 Å². The summed E-state index contributed by atoms with van der Waals surface area (Å²) in [5.74, 6) is 0.915. The first-order valence-corrected chi connectivity index (χ1v) is 16.0. The molecule has 0 amide bonds. The Labute approximate surface area is 200 Å². The number of thioether (sulfide) groups is 2. The number of hydrogen-bond acceptors (Lipinski definition) is 7. The second kappa shape index (κ2) is 11.1. The normalized spacial score (nSPS) is 22.5. The molecule has 0 atom stereocenters. The van der Waals surface area contributed by atoms with Crippen LogP contribution in [0, 0.1) is 0 Å². The van der Waals surface area contributed by atoms with Crippen LogP contribution in [0.1, 0.15) is 23.1 Å². The third-order valence-electron chi connectivity index (χ3n) is 5.70. The molecule has 2 heterocycles. The Balaban J connectivity index is 1.53. The number of benzene rings is 2. The monoisotopic (exact) mass is 488 g/mol. The summed E-state index contributed by atoms with van der Waals surface area (Å²) in [6, 6.07) is 15.5. The summed E-state index contributed by atoms with van der Waals surface area (Å²) in [5.41, 5.74) is 11.5. The van der Waals surface area contributed by atoms with Gasteiger partial charge in [-0.05, 0) is 6.26 Å². The molecular weight excluding hydrogens is 455 g/mol. The van der Waals surface area contributed by atoms with Crippen LogP contribution in [0.25, 0.3) is 0 Å². The van der Waals surface area contributed by atoms with Crippen molar-refractivity contribution < 1.29 is 4.62 Å². The zero-order valence-electron chi connectivity index (χ0n) is 18.8. The van der Waals surface area contributed by atoms with Crippen LogP contribution in [0.3, 0.4) is 0 Å². The van der Waals surface area contributed by atoms with E-state index in [-0.39, 0.29) is 0 Å². The van der Waals surface area contributed by atoms with Crippen molar-refractivity contribution in [2.45, 2.75) is 29.9 Å². The number of rotatable bonds is 4. The van der Waals surface area contributed by atoms with Gasteiger partial charge in [0.05, 0.1) is 0 Å². The Kier molecular flexibility index (Phi) is 8.19. The van der Waals surface area contributed by atoms with Crippen molar-refractivity contribution in [1.29, 1.82) is 0 Å². The first kappa shape index (κ1) is 23.7. The number of nitrogens with one attached hydrogen (secondary N) is 1. The van der Waals surface area contributed by atoms with E-state index in [0.717, 1.165) is 50.0 Å². The van der Waals surface area contributed by atoms with Gasteiger partial charge in [-0.3, -0.25) is 0 Å². The fraction of sp³-hybridized carbons (Fsp3) is 0.375. The number of aliphatic imine (C=N–C) groups is 1. The standard InChI is InChI=1S/C24H33N4OPS2/c1-30(25)13-3-12-28(29-30)22-7-6-20-10-11-26-18-27-16-24(32-17-21(20)15-22)14-19-4-8-23(31-2)9-5-19/h4-9,15-16,18,30H,3,10-14,17,25H2,1-2H3,(H,26,27)/b24-16-. The van der Waals surface area contributed by atoms with E-state index in [1.165, 1.54) is 26.5 Å². The molecule has 172 valence electrons. The predicted octanol–water partition coefficient (Wildman–Crippen LogP) is 5.21. The Morgan fingerprint density at radius 2 is 2.06 bits per heavy atom. The molecule has 2 aromatic carbocycles. The molecule has 0 aromatic heterocycles. The molecule has 2 aliphatic rings. The van der Waals surface area contributed by atoms with Crippen LogP contribution in [0.5, 0.6) is 0 Å². The van der Waals surface area contributed by atoms with Crippen LogP contribution < -0.4 is 15.9 Å². The molecule has 1 fully saturated rings. The molecule has 0 unspecified atom stereocenters. The first-order chi connectivity index (χ1) is 15.5. The summed E-state index contributed by atoms with van der Waals surface area (Å²) in [6.45, 7) is 3.86. The molecule has 2 aromatic rings. The fourth-order valence-corrected chi connectivity index (χ4v) is 7.01. The zero-order valence-corrected chi connectivity index (χ0v) is 21.5. The summed E-state index contributed by atoms with van der Waals surface area (Å²) < 4.78 is 6.19. The Hall–Kier alpha value is -1.50. The molecule has 0 aliphatic carbocycles. The molecule has 32 heavy (non-hydrogen) atoms. The summed E-state index contributed by atoms with van der Waals surface area (Å²) in [6.07, 6.45) is 9.88. The topological polar surface area (TPSA) is 62.9 Å². The molecule has 5 nitrogen and oxygen atoms in total. The van der Waals surface area contributed by atoms with Crippen molar-refractivity contribution >= 4 is 43.2 Å². The number of anilines is 1. The Bertz CT molecular complexity index is 978. The van der Waals surface area contributed by atoms with E-state index >= 15 is 0 Å². The zero-order chi connectivity index (χ0) is 22.4. The van der Waals surface area contributed by atoms with Gasteiger partial charge in [0.15, 0.2) is 0 Å². The van der Waals surface area contributed by atoms with Crippen LogP contribution in [-0.4, -0.2) is 38.5 Å². The first-order valence-electron chi connectivity index (χ1n) is 11.1. The number of nitrogens with zero attached hydrogens (tertiary/aromatic N) is 2. The average molecular weight is 489 g/mol. The molecular formula is C24H33N4OPS2. The van der Waals surface area contributed by atoms with E-state index < -0.39 is 7.64 Å². The van der Waals surface area contributed by atoms with Gasteiger partial charge in [0.25, 0.3) is 0 Å². The van der Waals surface area contributed by atoms with Crippen molar-refractivity contribution in [2.24, 2.45) is 10.5 Å². The number of hydrogen-bond donors (Lipinski definition) is 2. The predicted molar refractivity (Wildman–Crippen MR) is 144 cm³/mol. The van der Waals surface area contributed by atoms with Gasteiger partial charge >= 0.3 is 178 Å². The Morgan fingerprint density at radius 3 is 2.84 bits per heavy atom. The summed E-state index contributed by atoms with van der Waals surface area (Å²) in [7, 11) is -2.09.